The van der Waals surface area contributed by atoms with Crippen molar-refractivity contribution in [1.29, 1.82) is 0 Å². The van der Waals surface area contributed by atoms with E-state index in [9.17, 15) is 5.11 Å². The van der Waals surface area contributed by atoms with Crippen molar-refractivity contribution in [3.63, 3.8) is 0 Å². The second-order valence-corrected chi connectivity index (χ2v) is 7.19. The first kappa shape index (κ1) is 17.1. The summed E-state index contributed by atoms with van der Waals surface area (Å²) < 4.78 is 6.53. The SMILES string of the molecule is CCNc1nnc(SCC(O)COc2ccc(C)cc2C)s1. The van der Waals surface area contributed by atoms with Crippen LogP contribution in [0.15, 0.2) is 22.5 Å². The Labute approximate surface area is 139 Å². The number of aryl methyl sites for hydroxylation is 2. The van der Waals surface area contributed by atoms with Crippen molar-refractivity contribution in [3.05, 3.63) is 29.3 Å². The zero-order valence-corrected chi connectivity index (χ0v) is 14.6. The third-order valence-electron chi connectivity index (χ3n) is 2.90. The van der Waals surface area contributed by atoms with Gasteiger partial charge in [-0.15, -0.1) is 10.2 Å². The molecule has 0 radical (unpaired) electrons. The van der Waals surface area contributed by atoms with Crippen molar-refractivity contribution in [2.45, 2.75) is 31.2 Å². The summed E-state index contributed by atoms with van der Waals surface area (Å²) in [5.41, 5.74) is 2.29. The van der Waals surface area contributed by atoms with Crippen molar-refractivity contribution >= 4 is 28.2 Å². The van der Waals surface area contributed by atoms with E-state index in [1.807, 2.05) is 32.9 Å². The molecule has 1 unspecified atom stereocenters. The summed E-state index contributed by atoms with van der Waals surface area (Å²) in [4.78, 5) is 0. The first-order chi connectivity index (χ1) is 10.6. The lowest BCUT2D eigenvalue weighted by atomic mass is 10.1. The summed E-state index contributed by atoms with van der Waals surface area (Å²) in [6, 6.07) is 6.02. The van der Waals surface area contributed by atoms with Gasteiger partial charge in [0, 0.05) is 12.3 Å². The van der Waals surface area contributed by atoms with E-state index in [0.717, 1.165) is 27.3 Å². The largest absolute Gasteiger partial charge is 0.491 e. The fourth-order valence-electron chi connectivity index (χ4n) is 1.85. The summed E-state index contributed by atoms with van der Waals surface area (Å²) in [7, 11) is 0. The molecule has 1 heterocycles. The molecule has 0 fully saturated rings. The minimum Gasteiger partial charge on any atom is -0.491 e. The number of rotatable bonds is 8. The quantitative estimate of drug-likeness (QED) is 0.720. The van der Waals surface area contributed by atoms with Crippen LogP contribution in [-0.4, -0.2) is 40.3 Å². The summed E-state index contributed by atoms with van der Waals surface area (Å²) in [5, 5.41) is 22.0. The van der Waals surface area contributed by atoms with Gasteiger partial charge in [0.15, 0.2) is 4.34 Å². The molecule has 2 rings (SSSR count). The number of aliphatic hydroxyl groups excluding tert-OH is 1. The minimum absolute atomic E-state index is 0.274. The molecule has 0 saturated heterocycles. The van der Waals surface area contributed by atoms with Crippen LogP contribution in [0, 0.1) is 13.8 Å². The first-order valence-corrected chi connectivity index (χ1v) is 8.97. The van der Waals surface area contributed by atoms with Gasteiger partial charge in [0.25, 0.3) is 0 Å². The topological polar surface area (TPSA) is 67.3 Å². The molecule has 2 aromatic rings. The van der Waals surface area contributed by atoms with Crippen LogP contribution >= 0.6 is 23.1 Å². The van der Waals surface area contributed by atoms with Crippen molar-refractivity contribution in [2.24, 2.45) is 0 Å². The van der Waals surface area contributed by atoms with Crippen LogP contribution in [0.2, 0.25) is 0 Å². The fourth-order valence-corrected chi connectivity index (χ4v) is 3.61. The first-order valence-electron chi connectivity index (χ1n) is 7.16. The lowest BCUT2D eigenvalue weighted by Crippen LogP contribution is -2.20. The number of hydrogen-bond acceptors (Lipinski definition) is 7. The number of benzene rings is 1. The van der Waals surface area contributed by atoms with Gasteiger partial charge in [0.05, 0.1) is 6.10 Å². The summed E-state index contributed by atoms with van der Waals surface area (Å²) in [6.07, 6.45) is -0.544. The van der Waals surface area contributed by atoms with Crippen LogP contribution in [-0.2, 0) is 0 Å². The van der Waals surface area contributed by atoms with Crippen LogP contribution < -0.4 is 10.1 Å². The van der Waals surface area contributed by atoms with Gasteiger partial charge >= 0.3 is 0 Å². The second kappa shape index (κ2) is 8.36. The molecule has 22 heavy (non-hydrogen) atoms. The van der Waals surface area contributed by atoms with E-state index in [0.29, 0.717) is 5.75 Å². The van der Waals surface area contributed by atoms with Crippen LogP contribution in [0.1, 0.15) is 18.1 Å². The van der Waals surface area contributed by atoms with E-state index in [-0.39, 0.29) is 6.61 Å². The Morgan fingerprint density at radius 3 is 2.91 bits per heavy atom. The molecule has 0 bridgehead atoms. The molecule has 0 saturated carbocycles. The van der Waals surface area contributed by atoms with Crippen molar-refractivity contribution < 1.29 is 9.84 Å². The number of nitrogens with zero attached hydrogens (tertiary/aromatic N) is 2. The molecule has 1 aromatic carbocycles. The van der Waals surface area contributed by atoms with Crippen molar-refractivity contribution in [1.82, 2.24) is 10.2 Å². The number of anilines is 1. The normalized spacial score (nSPS) is 12.2. The minimum atomic E-state index is -0.544. The molecule has 0 spiro atoms. The summed E-state index contributed by atoms with van der Waals surface area (Å²) >= 11 is 2.99. The van der Waals surface area contributed by atoms with Crippen LogP contribution in [0.3, 0.4) is 0 Å². The highest BCUT2D eigenvalue weighted by Gasteiger charge is 2.10. The Kier molecular flexibility index (Phi) is 6.48. The lowest BCUT2D eigenvalue weighted by Gasteiger charge is -2.13. The Morgan fingerprint density at radius 1 is 1.36 bits per heavy atom. The van der Waals surface area contributed by atoms with Crippen LogP contribution in [0.5, 0.6) is 5.75 Å². The molecular weight excluding hydrogens is 318 g/mol. The predicted octanol–water partition coefficient (Wildman–Crippen LogP) is 3.12. The van der Waals surface area contributed by atoms with E-state index in [1.165, 1.54) is 28.7 Å². The Balaban J connectivity index is 1.76. The zero-order chi connectivity index (χ0) is 15.9. The number of hydrogen-bond donors (Lipinski definition) is 2. The van der Waals surface area contributed by atoms with Gasteiger partial charge in [-0.3, -0.25) is 0 Å². The van der Waals surface area contributed by atoms with Gasteiger partial charge in [-0.2, -0.15) is 0 Å². The third kappa shape index (κ3) is 5.15. The van der Waals surface area contributed by atoms with Gasteiger partial charge in [0.1, 0.15) is 12.4 Å². The zero-order valence-electron chi connectivity index (χ0n) is 13.0. The average Bonchev–Trinajstić information content (AvgIpc) is 2.92. The highest BCUT2D eigenvalue weighted by Crippen LogP contribution is 2.26. The average molecular weight is 339 g/mol. The standard InChI is InChI=1S/C15H21N3O2S2/c1-4-16-14-17-18-15(22-14)21-9-12(19)8-20-13-6-5-10(2)7-11(13)3/h5-7,12,19H,4,8-9H2,1-3H3,(H,16,17). The Bertz CT molecular complexity index is 604. The number of nitrogens with one attached hydrogen (secondary N) is 1. The molecule has 7 heteroatoms. The molecule has 5 nitrogen and oxygen atoms in total. The summed E-state index contributed by atoms with van der Waals surface area (Å²) in [5.74, 6) is 1.35. The molecule has 0 aliphatic carbocycles. The highest BCUT2D eigenvalue weighted by molar-refractivity contribution is 8.01. The van der Waals surface area contributed by atoms with Gasteiger partial charge in [-0.05, 0) is 32.4 Å². The van der Waals surface area contributed by atoms with E-state index >= 15 is 0 Å². The monoisotopic (exact) mass is 339 g/mol. The van der Waals surface area contributed by atoms with E-state index in [4.69, 9.17) is 4.74 Å². The van der Waals surface area contributed by atoms with Crippen molar-refractivity contribution in [3.8, 4) is 5.75 Å². The fraction of sp³-hybridized carbons (Fsp3) is 0.467. The molecule has 1 aromatic heterocycles. The number of aliphatic hydroxyl groups is 1. The maximum Gasteiger partial charge on any atom is 0.206 e. The Hall–Kier alpha value is -1.31. The highest BCUT2D eigenvalue weighted by atomic mass is 32.2. The number of thioether (sulfide) groups is 1. The molecular formula is C15H21N3O2S2. The maximum absolute atomic E-state index is 10.0. The van der Waals surface area contributed by atoms with Gasteiger partial charge in [-0.25, -0.2) is 0 Å². The molecule has 2 N–H and O–H groups in total. The molecule has 120 valence electrons. The van der Waals surface area contributed by atoms with Crippen molar-refractivity contribution in [2.75, 3.05) is 24.2 Å². The number of ether oxygens (including phenoxy) is 1. The molecule has 0 aliphatic heterocycles. The second-order valence-electron chi connectivity index (χ2n) is 4.95. The van der Waals surface area contributed by atoms with Crippen LogP contribution in [0.25, 0.3) is 0 Å². The van der Waals surface area contributed by atoms with E-state index in [1.54, 1.807) is 0 Å². The van der Waals surface area contributed by atoms with Crippen LogP contribution in [0.4, 0.5) is 5.13 Å². The number of aromatic nitrogens is 2. The molecule has 1 atom stereocenters. The van der Waals surface area contributed by atoms with E-state index in [2.05, 4.69) is 21.6 Å². The van der Waals surface area contributed by atoms with E-state index < -0.39 is 6.10 Å². The smallest absolute Gasteiger partial charge is 0.206 e. The van der Waals surface area contributed by atoms with Gasteiger partial charge < -0.3 is 15.2 Å². The predicted molar refractivity (Wildman–Crippen MR) is 92.2 cm³/mol. The van der Waals surface area contributed by atoms with Gasteiger partial charge in [0.2, 0.25) is 5.13 Å². The summed E-state index contributed by atoms with van der Waals surface area (Å²) in [6.45, 7) is 7.17. The van der Waals surface area contributed by atoms with Gasteiger partial charge in [-0.1, -0.05) is 40.8 Å². The molecule has 0 aliphatic rings. The lowest BCUT2D eigenvalue weighted by molar-refractivity contribution is 0.126. The third-order valence-corrected chi connectivity index (χ3v) is 5.05. The Morgan fingerprint density at radius 2 is 2.18 bits per heavy atom. The maximum atomic E-state index is 10.0. The molecule has 0 amide bonds.